The summed E-state index contributed by atoms with van der Waals surface area (Å²) in [6, 6.07) is 12.4. The van der Waals surface area contributed by atoms with E-state index in [9.17, 15) is 4.79 Å². The molecule has 0 saturated carbocycles. The van der Waals surface area contributed by atoms with Gasteiger partial charge >= 0.3 is 0 Å². The Bertz CT molecular complexity index is 1080. The van der Waals surface area contributed by atoms with Gasteiger partial charge in [0.2, 0.25) is 5.91 Å². The second-order valence-electron chi connectivity index (χ2n) is 6.57. The van der Waals surface area contributed by atoms with Crippen molar-refractivity contribution in [3.05, 3.63) is 55.0 Å². The fraction of sp³-hybridized carbons (Fsp3) is 0.182. The number of carbonyl (C=O) groups is 1. The van der Waals surface area contributed by atoms with Crippen LogP contribution in [-0.2, 0) is 4.79 Å². The molecule has 9 heteroatoms. The maximum absolute atomic E-state index is 12.8. The van der Waals surface area contributed by atoms with E-state index < -0.39 is 5.25 Å². The number of thioether (sulfide) groups is 1. The highest BCUT2D eigenvalue weighted by molar-refractivity contribution is 8.00. The van der Waals surface area contributed by atoms with Crippen molar-refractivity contribution in [2.45, 2.75) is 17.3 Å². The van der Waals surface area contributed by atoms with Crippen LogP contribution in [0.1, 0.15) is 6.92 Å². The van der Waals surface area contributed by atoms with Crippen molar-refractivity contribution in [1.29, 1.82) is 0 Å². The first-order valence-electron chi connectivity index (χ1n) is 9.45. The van der Waals surface area contributed by atoms with Crippen molar-refractivity contribution in [1.82, 2.24) is 9.97 Å². The number of hydrogen-bond acceptors (Lipinski definition) is 7. The van der Waals surface area contributed by atoms with Gasteiger partial charge in [-0.1, -0.05) is 11.8 Å². The van der Waals surface area contributed by atoms with Crippen LogP contribution in [-0.4, -0.2) is 35.3 Å². The van der Waals surface area contributed by atoms with Gasteiger partial charge in [0.1, 0.15) is 22.9 Å². The Morgan fingerprint density at radius 3 is 2.29 bits per heavy atom. The third kappa shape index (κ3) is 4.61. The first-order valence-corrected chi connectivity index (χ1v) is 10.3. The fourth-order valence-corrected chi connectivity index (χ4v) is 3.75. The number of aromatic amines is 1. The number of hydrogen-bond donors (Lipinski definition) is 2. The van der Waals surface area contributed by atoms with Crippen molar-refractivity contribution in [3.63, 3.8) is 0 Å². The Morgan fingerprint density at radius 2 is 1.71 bits per heavy atom. The van der Waals surface area contributed by atoms with E-state index >= 15 is 0 Å². The van der Waals surface area contributed by atoms with Gasteiger partial charge < -0.3 is 28.6 Å². The lowest BCUT2D eigenvalue weighted by Gasteiger charge is -2.13. The van der Waals surface area contributed by atoms with Crippen LogP contribution in [0.25, 0.3) is 22.9 Å². The highest BCUT2D eigenvalue weighted by atomic mass is 32.2. The molecule has 4 aromatic rings. The smallest absolute Gasteiger partial charge is 0.237 e. The number of ether oxygens (including phenoxy) is 2. The van der Waals surface area contributed by atoms with Crippen molar-refractivity contribution in [2.24, 2.45) is 0 Å². The highest BCUT2D eigenvalue weighted by Crippen LogP contribution is 2.34. The normalized spacial score (nSPS) is 11.8. The number of nitrogens with zero attached hydrogens (tertiary/aromatic N) is 1. The number of furan rings is 2. The molecule has 31 heavy (non-hydrogen) atoms. The van der Waals surface area contributed by atoms with Crippen LogP contribution in [0.2, 0.25) is 0 Å². The first-order chi connectivity index (χ1) is 15.1. The Hall–Kier alpha value is -3.59. The van der Waals surface area contributed by atoms with Gasteiger partial charge in [-0.15, -0.1) is 0 Å². The Labute approximate surface area is 183 Å². The molecule has 8 nitrogen and oxygen atoms in total. The number of nitrogens with one attached hydrogen (secondary N) is 2. The van der Waals surface area contributed by atoms with Gasteiger partial charge in [-0.05, 0) is 31.2 Å². The lowest BCUT2D eigenvalue weighted by molar-refractivity contribution is -0.115. The van der Waals surface area contributed by atoms with Crippen molar-refractivity contribution in [3.8, 4) is 34.4 Å². The number of aromatic nitrogens is 2. The summed E-state index contributed by atoms with van der Waals surface area (Å²) < 4.78 is 21.5. The minimum absolute atomic E-state index is 0.184. The van der Waals surface area contributed by atoms with E-state index in [1.807, 2.05) is 12.1 Å². The third-order valence-corrected chi connectivity index (χ3v) is 5.47. The fourth-order valence-electron chi connectivity index (χ4n) is 2.94. The number of methoxy groups -OCH3 is 2. The molecule has 1 unspecified atom stereocenters. The zero-order valence-corrected chi connectivity index (χ0v) is 18.0. The van der Waals surface area contributed by atoms with Crippen LogP contribution < -0.4 is 14.8 Å². The molecule has 0 aliphatic carbocycles. The van der Waals surface area contributed by atoms with E-state index in [1.54, 1.807) is 64.0 Å². The van der Waals surface area contributed by atoms with Crippen molar-refractivity contribution >= 4 is 23.4 Å². The summed E-state index contributed by atoms with van der Waals surface area (Å²) in [6.07, 6.45) is 3.18. The number of benzene rings is 1. The van der Waals surface area contributed by atoms with Gasteiger partial charge in [0, 0.05) is 23.9 Å². The number of amides is 1. The predicted octanol–water partition coefficient (Wildman–Crippen LogP) is 5.07. The summed E-state index contributed by atoms with van der Waals surface area (Å²) in [4.78, 5) is 20.6. The van der Waals surface area contributed by atoms with Gasteiger partial charge in [-0.25, -0.2) is 4.98 Å². The van der Waals surface area contributed by atoms with E-state index in [2.05, 4.69) is 15.3 Å². The van der Waals surface area contributed by atoms with Gasteiger partial charge in [0.15, 0.2) is 16.7 Å². The van der Waals surface area contributed by atoms with Crippen LogP contribution in [0.5, 0.6) is 11.5 Å². The minimum atomic E-state index is -0.433. The van der Waals surface area contributed by atoms with Gasteiger partial charge in [0.25, 0.3) is 0 Å². The molecule has 3 aromatic heterocycles. The van der Waals surface area contributed by atoms with Crippen LogP contribution in [0, 0.1) is 0 Å². The summed E-state index contributed by atoms with van der Waals surface area (Å²) in [6.45, 7) is 1.80. The molecule has 0 aliphatic heterocycles. The first kappa shape index (κ1) is 20.7. The summed E-state index contributed by atoms with van der Waals surface area (Å²) in [5.74, 6) is 2.23. The summed E-state index contributed by atoms with van der Waals surface area (Å²) >= 11 is 1.30. The second kappa shape index (κ2) is 9.05. The molecule has 0 fully saturated rings. The van der Waals surface area contributed by atoms with Crippen LogP contribution in [0.4, 0.5) is 5.69 Å². The quantitative estimate of drug-likeness (QED) is 0.370. The lowest BCUT2D eigenvalue weighted by atomic mass is 10.2. The SMILES string of the molecule is COc1cc(NC(=O)C(C)Sc2nc(-c3ccco3)c(-c3ccco3)[nH]2)cc(OC)c1. The lowest BCUT2D eigenvalue weighted by Crippen LogP contribution is -2.22. The largest absolute Gasteiger partial charge is 0.497 e. The molecule has 160 valence electrons. The topological polar surface area (TPSA) is 103 Å². The molecule has 0 aliphatic rings. The zero-order valence-electron chi connectivity index (χ0n) is 17.2. The monoisotopic (exact) mass is 439 g/mol. The Kier molecular flexibility index (Phi) is 6.03. The standard InChI is InChI=1S/C22H21N3O5S/c1-13(21(26)23-14-10-15(27-2)12-16(11-14)28-3)31-22-24-19(17-6-4-8-29-17)20(25-22)18-7-5-9-30-18/h4-13H,1-3H3,(H,23,26)(H,24,25). The maximum atomic E-state index is 12.8. The maximum Gasteiger partial charge on any atom is 0.237 e. The second-order valence-corrected chi connectivity index (χ2v) is 7.90. The van der Waals surface area contributed by atoms with Gasteiger partial charge in [-0.2, -0.15) is 0 Å². The number of H-pyrrole nitrogens is 1. The number of anilines is 1. The van der Waals surface area contributed by atoms with Crippen LogP contribution in [0.3, 0.4) is 0 Å². The molecule has 0 spiro atoms. The van der Waals surface area contributed by atoms with Gasteiger partial charge in [-0.3, -0.25) is 4.79 Å². The number of imidazole rings is 1. The average molecular weight is 439 g/mol. The molecule has 4 rings (SSSR count). The summed E-state index contributed by atoms with van der Waals surface area (Å²) in [5.41, 5.74) is 1.89. The average Bonchev–Trinajstić information content (AvgIpc) is 3.54. The van der Waals surface area contributed by atoms with E-state index in [1.165, 1.54) is 11.8 Å². The Morgan fingerprint density at radius 1 is 1.06 bits per heavy atom. The van der Waals surface area contributed by atoms with Crippen molar-refractivity contribution in [2.75, 3.05) is 19.5 Å². The molecule has 0 saturated heterocycles. The predicted molar refractivity (Wildman–Crippen MR) is 117 cm³/mol. The van der Waals surface area contributed by atoms with Crippen molar-refractivity contribution < 1.29 is 23.1 Å². The highest BCUT2D eigenvalue weighted by Gasteiger charge is 2.22. The summed E-state index contributed by atoms with van der Waals surface area (Å²) in [5, 5.41) is 3.03. The third-order valence-electron chi connectivity index (χ3n) is 4.48. The molecule has 3 heterocycles. The molecule has 1 atom stereocenters. The summed E-state index contributed by atoms with van der Waals surface area (Å²) in [7, 11) is 3.12. The minimum Gasteiger partial charge on any atom is -0.497 e. The zero-order chi connectivity index (χ0) is 21.8. The molecule has 0 bridgehead atoms. The van der Waals surface area contributed by atoms with Crippen LogP contribution in [0.15, 0.2) is 69.0 Å². The number of rotatable bonds is 8. The Balaban J connectivity index is 1.53. The van der Waals surface area contributed by atoms with E-state index in [-0.39, 0.29) is 5.91 Å². The molecule has 1 amide bonds. The number of carbonyl (C=O) groups excluding carboxylic acids is 1. The molecule has 2 N–H and O–H groups in total. The van der Waals surface area contributed by atoms with E-state index in [0.29, 0.717) is 45.3 Å². The van der Waals surface area contributed by atoms with Crippen LogP contribution >= 0.6 is 11.8 Å². The van der Waals surface area contributed by atoms with Gasteiger partial charge in [0.05, 0.1) is 32.0 Å². The van der Waals surface area contributed by atoms with E-state index in [0.717, 1.165) is 0 Å². The molecular weight excluding hydrogens is 418 g/mol. The molecule has 1 aromatic carbocycles. The molecular formula is C22H21N3O5S. The van der Waals surface area contributed by atoms with E-state index in [4.69, 9.17) is 18.3 Å². The molecule has 0 radical (unpaired) electrons.